The number of ketones is 1. The van der Waals surface area contributed by atoms with Crippen molar-refractivity contribution in [3.63, 3.8) is 0 Å². The highest BCUT2D eigenvalue weighted by atomic mass is 19.1. The molecule has 0 bridgehead atoms. The monoisotopic (exact) mass is 345 g/mol. The summed E-state index contributed by atoms with van der Waals surface area (Å²) in [7, 11) is 1.61. The predicted molar refractivity (Wildman–Crippen MR) is 91.3 cm³/mol. The van der Waals surface area contributed by atoms with Crippen LogP contribution in [0.3, 0.4) is 0 Å². The number of amides is 1. The van der Waals surface area contributed by atoms with E-state index >= 15 is 0 Å². The van der Waals surface area contributed by atoms with Crippen molar-refractivity contribution >= 4 is 11.7 Å². The lowest BCUT2D eigenvalue weighted by molar-refractivity contribution is -0.123. The van der Waals surface area contributed by atoms with Crippen molar-refractivity contribution in [2.75, 3.05) is 26.9 Å². The third-order valence-electron chi connectivity index (χ3n) is 3.44. The molecule has 0 aliphatic heterocycles. The van der Waals surface area contributed by atoms with Gasteiger partial charge in [0.05, 0.1) is 0 Å². The summed E-state index contributed by atoms with van der Waals surface area (Å²) in [6, 6.07) is 11.8. The van der Waals surface area contributed by atoms with Gasteiger partial charge in [-0.2, -0.15) is 0 Å². The molecule has 132 valence electrons. The van der Waals surface area contributed by atoms with E-state index in [1.807, 2.05) is 0 Å². The summed E-state index contributed by atoms with van der Waals surface area (Å²) in [4.78, 5) is 23.9. The van der Waals surface area contributed by atoms with Gasteiger partial charge >= 0.3 is 0 Å². The Hall–Kier alpha value is -2.73. The van der Waals surface area contributed by atoms with Crippen LogP contribution in [0, 0.1) is 5.82 Å². The number of ether oxygens (including phenoxy) is 2. The number of benzene rings is 2. The van der Waals surface area contributed by atoms with E-state index in [4.69, 9.17) is 9.47 Å². The Labute approximate surface area is 145 Å². The number of hydrogen-bond acceptors (Lipinski definition) is 4. The lowest BCUT2D eigenvalue weighted by Gasteiger charge is -2.08. The van der Waals surface area contributed by atoms with Crippen molar-refractivity contribution in [1.29, 1.82) is 0 Å². The number of carbonyl (C=O) groups excluding carboxylic acids is 2. The topological polar surface area (TPSA) is 64.6 Å². The molecule has 0 aliphatic carbocycles. The van der Waals surface area contributed by atoms with E-state index in [2.05, 4.69) is 5.32 Å². The highest BCUT2D eigenvalue weighted by molar-refractivity contribution is 6.09. The van der Waals surface area contributed by atoms with Crippen LogP contribution in [0.5, 0.6) is 5.75 Å². The molecule has 0 atom stereocenters. The zero-order valence-electron chi connectivity index (χ0n) is 14.0. The summed E-state index contributed by atoms with van der Waals surface area (Å²) in [5, 5.41) is 2.71. The minimum absolute atomic E-state index is 0.0990. The molecule has 2 aromatic rings. The molecule has 0 saturated carbocycles. The van der Waals surface area contributed by atoms with Gasteiger partial charge in [-0.3, -0.25) is 9.59 Å². The maximum Gasteiger partial charge on any atom is 0.257 e. The van der Waals surface area contributed by atoms with Crippen LogP contribution in [-0.4, -0.2) is 38.6 Å². The van der Waals surface area contributed by atoms with E-state index in [0.717, 1.165) is 6.42 Å². The molecule has 2 aromatic carbocycles. The largest absolute Gasteiger partial charge is 0.484 e. The van der Waals surface area contributed by atoms with Crippen molar-refractivity contribution in [2.24, 2.45) is 0 Å². The number of nitrogens with one attached hydrogen (secondary N) is 1. The maximum absolute atomic E-state index is 12.9. The molecular weight excluding hydrogens is 325 g/mol. The van der Waals surface area contributed by atoms with Crippen LogP contribution in [0.1, 0.15) is 22.3 Å². The van der Waals surface area contributed by atoms with Crippen molar-refractivity contribution < 1.29 is 23.5 Å². The zero-order valence-corrected chi connectivity index (χ0v) is 14.0. The van der Waals surface area contributed by atoms with Crippen molar-refractivity contribution in [3.8, 4) is 5.75 Å². The summed E-state index contributed by atoms with van der Waals surface area (Å²) < 4.78 is 23.2. The number of hydrogen-bond donors (Lipinski definition) is 1. The smallest absolute Gasteiger partial charge is 0.257 e. The Kier molecular flexibility index (Phi) is 7.10. The van der Waals surface area contributed by atoms with Crippen LogP contribution in [0.2, 0.25) is 0 Å². The molecule has 1 N–H and O–H groups in total. The molecule has 0 heterocycles. The van der Waals surface area contributed by atoms with Gasteiger partial charge in [-0.25, -0.2) is 4.39 Å². The molecule has 0 fully saturated rings. The minimum atomic E-state index is -0.388. The average molecular weight is 345 g/mol. The van der Waals surface area contributed by atoms with Crippen molar-refractivity contribution in [2.45, 2.75) is 6.42 Å². The molecule has 0 radical (unpaired) electrons. The molecule has 5 nitrogen and oxygen atoms in total. The highest BCUT2D eigenvalue weighted by Crippen LogP contribution is 2.16. The fourth-order valence-corrected chi connectivity index (χ4v) is 2.11. The summed E-state index contributed by atoms with van der Waals surface area (Å²) >= 11 is 0. The quantitative estimate of drug-likeness (QED) is 0.560. The van der Waals surface area contributed by atoms with E-state index in [-0.39, 0.29) is 24.1 Å². The van der Waals surface area contributed by atoms with Gasteiger partial charge in [-0.15, -0.1) is 0 Å². The van der Waals surface area contributed by atoms with Crippen molar-refractivity contribution in [1.82, 2.24) is 5.32 Å². The third-order valence-corrected chi connectivity index (χ3v) is 3.44. The fraction of sp³-hybridized carbons (Fsp3) is 0.263. The van der Waals surface area contributed by atoms with Crippen molar-refractivity contribution in [3.05, 3.63) is 65.5 Å². The first kappa shape index (κ1) is 18.6. The maximum atomic E-state index is 12.9. The average Bonchev–Trinajstić information content (AvgIpc) is 2.64. The second kappa shape index (κ2) is 9.54. The normalized spacial score (nSPS) is 10.3. The van der Waals surface area contributed by atoms with Gasteiger partial charge in [-0.05, 0) is 55.0 Å². The number of methoxy groups -OCH3 is 1. The Morgan fingerprint density at radius 1 is 1.00 bits per heavy atom. The first-order valence-electron chi connectivity index (χ1n) is 7.89. The van der Waals surface area contributed by atoms with Crippen LogP contribution in [0.25, 0.3) is 0 Å². The molecule has 0 spiro atoms. The fourth-order valence-electron chi connectivity index (χ4n) is 2.11. The van der Waals surface area contributed by atoms with Gasteiger partial charge in [0.15, 0.2) is 12.4 Å². The molecule has 6 heteroatoms. The first-order valence-corrected chi connectivity index (χ1v) is 7.89. The Morgan fingerprint density at radius 2 is 1.60 bits per heavy atom. The SMILES string of the molecule is COCCCNC(=O)COc1ccc(C(=O)c2ccc(F)cc2)cc1. The van der Waals surface area contributed by atoms with Crippen LogP contribution >= 0.6 is 0 Å². The van der Waals surface area contributed by atoms with Crippen LogP contribution in [0.15, 0.2) is 48.5 Å². The van der Waals surface area contributed by atoms with Gasteiger partial charge in [-0.1, -0.05) is 0 Å². The van der Waals surface area contributed by atoms with E-state index in [9.17, 15) is 14.0 Å². The van der Waals surface area contributed by atoms with Gasteiger partial charge in [0.25, 0.3) is 5.91 Å². The second-order valence-electron chi connectivity index (χ2n) is 5.35. The lowest BCUT2D eigenvalue weighted by Crippen LogP contribution is -2.30. The van der Waals surface area contributed by atoms with E-state index in [0.29, 0.717) is 30.0 Å². The Bertz CT molecular complexity index is 698. The van der Waals surface area contributed by atoms with E-state index in [1.165, 1.54) is 24.3 Å². The summed E-state index contributed by atoms with van der Waals surface area (Å²) in [5.74, 6) is -0.325. The summed E-state index contributed by atoms with van der Waals surface area (Å²) in [5.41, 5.74) is 0.869. The van der Waals surface area contributed by atoms with Gasteiger partial charge in [0, 0.05) is 31.4 Å². The molecule has 0 aliphatic rings. The minimum Gasteiger partial charge on any atom is -0.484 e. The Balaban J connectivity index is 1.84. The predicted octanol–water partition coefficient (Wildman–Crippen LogP) is 2.59. The number of carbonyl (C=O) groups is 2. The molecule has 0 aromatic heterocycles. The number of rotatable bonds is 9. The third kappa shape index (κ3) is 6.00. The number of halogens is 1. The van der Waals surface area contributed by atoms with Gasteiger partial charge in [0.2, 0.25) is 0 Å². The second-order valence-corrected chi connectivity index (χ2v) is 5.35. The molecular formula is C19H20FNO4. The molecule has 2 rings (SSSR count). The molecule has 0 saturated heterocycles. The van der Waals surface area contributed by atoms with Crippen LogP contribution < -0.4 is 10.1 Å². The van der Waals surface area contributed by atoms with E-state index < -0.39 is 0 Å². The summed E-state index contributed by atoms with van der Waals surface area (Å²) in [6.07, 6.45) is 0.739. The highest BCUT2D eigenvalue weighted by Gasteiger charge is 2.09. The molecule has 0 unspecified atom stereocenters. The lowest BCUT2D eigenvalue weighted by atomic mass is 10.0. The Morgan fingerprint density at radius 3 is 2.20 bits per heavy atom. The molecule has 25 heavy (non-hydrogen) atoms. The van der Waals surface area contributed by atoms with Gasteiger partial charge < -0.3 is 14.8 Å². The summed E-state index contributed by atoms with van der Waals surface area (Å²) in [6.45, 7) is 1.02. The molecule has 1 amide bonds. The van der Waals surface area contributed by atoms with Crippen LogP contribution in [-0.2, 0) is 9.53 Å². The van der Waals surface area contributed by atoms with E-state index in [1.54, 1.807) is 31.4 Å². The van der Waals surface area contributed by atoms with Crippen LogP contribution in [0.4, 0.5) is 4.39 Å². The van der Waals surface area contributed by atoms with Gasteiger partial charge in [0.1, 0.15) is 11.6 Å². The zero-order chi connectivity index (χ0) is 18.1. The first-order chi connectivity index (χ1) is 12.1. The standard InChI is InChI=1S/C19H20FNO4/c1-24-12-2-11-21-18(22)13-25-17-9-5-15(6-10-17)19(23)14-3-7-16(20)8-4-14/h3-10H,2,11-13H2,1H3,(H,21,22).